The lowest BCUT2D eigenvalue weighted by Crippen LogP contribution is -2.42. The molecule has 3 aromatic rings. The summed E-state index contributed by atoms with van der Waals surface area (Å²) in [6.07, 6.45) is 6.91. The summed E-state index contributed by atoms with van der Waals surface area (Å²) in [5.74, 6) is -1.07. The van der Waals surface area contributed by atoms with Gasteiger partial charge in [0.2, 0.25) is 0 Å². The van der Waals surface area contributed by atoms with E-state index < -0.39 is 30.5 Å². The SMILES string of the molecule is CC(C)[C@@H]1CC[C@@H](C)C[C@H]1OC(=O)CCCN1CCC(O[C@@H](c2ccc(Cl)cc2)c2ccccn2)CC1.O=C(O)C[C@H](NC(=O)OCc1ccccc1)C(=O)O. The molecular formula is C43H56ClN3O9. The van der Waals surface area contributed by atoms with Crippen LogP contribution in [0.4, 0.5) is 4.79 Å². The molecule has 1 saturated carbocycles. The minimum Gasteiger partial charge on any atom is -0.481 e. The molecule has 5 rings (SSSR count). The zero-order chi connectivity index (χ0) is 40.5. The number of carboxylic acids is 2. The fraction of sp³-hybridized carbons (Fsp3) is 0.512. The number of nitrogens with one attached hydrogen (secondary N) is 1. The second-order valence-corrected chi connectivity index (χ2v) is 15.5. The number of carboxylic acid groups (broad SMARTS) is 2. The lowest BCUT2D eigenvalue weighted by atomic mass is 9.75. The number of aromatic nitrogens is 1. The molecule has 2 aliphatic rings. The molecule has 304 valence electrons. The summed E-state index contributed by atoms with van der Waals surface area (Å²) < 4.78 is 17.4. The Labute approximate surface area is 334 Å². The number of benzene rings is 2. The molecule has 2 aromatic carbocycles. The van der Waals surface area contributed by atoms with Crippen LogP contribution in [0.2, 0.25) is 5.02 Å². The summed E-state index contributed by atoms with van der Waals surface area (Å²) in [6.45, 7) is 9.64. The third kappa shape index (κ3) is 15.2. The molecule has 2 fully saturated rings. The van der Waals surface area contributed by atoms with Crippen molar-refractivity contribution in [3.8, 4) is 0 Å². The number of carbonyl (C=O) groups is 4. The fourth-order valence-electron chi connectivity index (χ4n) is 7.16. The third-order valence-electron chi connectivity index (χ3n) is 10.3. The first-order valence-electron chi connectivity index (χ1n) is 19.5. The van der Waals surface area contributed by atoms with Crippen LogP contribution in [0.25, 0.3) is 0 Å². The van der Waals surface area contributed by atoms with Gasteiger partial charge in [0.15, 0.2) is 0 Å². The standard InChI is InChI=1S/C31H43ClN2O3.C12H13NO6/c1-22(2)27-14-9-23(3)21-29(27)37-30(35)8-6-18-34-19-15-26(16-20-34)36-31(28-7-4-5-17-33-28)24-10-12-25(32)13-11-24;14-10(15)6-9(11(16)17)13-12(18)19-7-8-4-2-1-3-5-8/h4-5,7,10-13,17,22-23,26-27,29,31H,6,8-9,14-16,18-21H2,1-3H3;1-5,9H,6-7H2,(H,13,18)(H,14,15)(H,16,17)/t23-,27+,29-,31+;9-/m10/s1. The second kappa shape index (κ2) is 22.9. The van der Waals surface area contributed by atoms with E-state index in [0.717, 1.165) is 62.1 Å². The summed E-state index contributed by atoms with van der Waals surface area (Å²) in [4.78, 5) is 52.1. The van der Waals surface area contributed by atoms with Crippen LogP contribution in [0.15, 0.2) is 79.0 Å². The van der Waals surface area contributed by atoms with Crippen LogP contribution < -0.4 is 5.32 Å². The van der Waals surface area contributed by atoms with Crippen LogP contribution in [0.3, 0.4) is 0 Å². The number of piperidine rings is 1. The Morgan fingerprint density at radius 1 is 0.929 bits per heavy atom. The molecule has 1 saturated heterocycles. The van der Waals surface area contributed by atoms with E-state index in [0.29, 0.717) is 29.2 Å². The molecule has 56 heavy (non-hydrogen) atoms. The van der Waals surface area contributed by atoms with E-state index in [1.54, 1.807) is 30.3 Å². The van der Waals surface area contributed by atoms with Crippen LogP contribution in [0.5, 0.6) is 0 Å². The molecule has 1 aromatic heterocycles. The number of amides is 1. The summed E-state index contributed by atoms with van der Waals surface area (Å²) in [5.41, 5.74) is 2.72. The Kier molecular flexibility index (Phi) is 18.1. The van der Waals surface area contributed by atoms with Gasteiger partial charge < -0.3 is 34.6 Å². The molecule has 3 N–H and O–H groups in total. The first kappa shape index (κ1) is 44.2. The minimum absolute atomic E-state index is 0.0217. The van der Waals surface area contributed by atoms with Gasteiger partial charge in [-0.3, -0.25) is 14.6 Å². The predicted molar refractivity (Wildman–Crippen MR) is 212 cm³/mol. The smallest absolute Gasteiger partial charge is 0.408 e. The van der Waals surface area contributed by atoms with Gasteiger partial charge in [-0.15, -0.1) is 0 Å². The fourth-order valence-corrected chi connectivity index (χ4v) is 7.28. The Morgan fingerprint density at radius 2 is 1.62 bits per heavy atom. The molecule has 1 amide bonds. The van der Waals surface area contributed by atoms with E-state index in [-0.39, 0.29) is 30.9 Å². The average Bonchev–Trinajstić information content (AvgIpc) is 3.17. The molecule has 0 bridgehead atoms. The number of rotatable bonds is 16. The molecule has 0 unspecified atom stereocenters. The van der Waals surface area contributed by atoms with Gasteiger partial charge in [-0.1, -0.05) is 87.3 Å². The van der Waals surface area contributed by atoms with Gasteiger partial charge >= 0.3 is 24.0 Å². The maximum atomic E-state index is 12.6. The van der Waals surface area contributed by atoms with Crippen molar-refractivity contribution in [1.82, 2.24) is 15.2 Å². The minimum atomic E-state index is -1.51. The average molecular weight is 794 g/mol. The highest BCUT2D eigenvalue weighted by atomic mass is 35.5. The maximum Gasteiger partial charge on any atom is 0.408 e. The number of pyridine rings is 1. The van der Waals surface area contributed by atoms with Crippen LogP contribution in [-0.4, -0.2) is 82.0 Å². The molecular weight excluding hydrogens is 738 g/mol. The van der Waals surface area contributed by atoms with E-state index in [9.17, 15) is 19.2 Å². The number of alkyl carbamates (subject to hydrolysis) is 1. The summed E-state index contributed by atoms with van der Waals surface area (Å²) in [5, 5.41) is 19.9. The molecule has 12 nitrogen and oxygen atoms in total. The summed E-state index contributed by atoms with van der Waals surface area (Å²) >= 11 is 6.11. The van der Waals surface area contributed by atoms with E-state index in [1.165, 1.54) is 12.8 Å². The van der Waals surface area contributed by atoms with Gasteiger partial charge in [0, 0.05) is 30.7 Å². The van der Waals surface area contributed by atoms with Gasteiger partial charge in [-0.05, 0) is 91.8 Å². The number of nitrogens with zero attached hydrogens (tertiary/aromatic N) is 2. The van der Waals surface area contributed by atoms with E-state index >= 15 is 0 Å². The van der Waals surface area contributed by atoms with Crippen molar-refractivity contribution in [1.29, 1.82) is 0 Å². The third-order valence-corrected chi connectivity index (χ3v) is 10.5. The number of hydrogen-bond acceptors (Lipinski definition) is 9. The highest BCUT2D eigenvalue weighted by molar-refractivity contribution is 6.30. The molecule has 1 aliphatic carbocycles. The Bertz CT molecular complexity index is 1650. The van der Waals surface area contributed by atoms with Gasteiger partial charge in [-0.2, -0.15) is 0 Å². The molecule has 0 radical (unpaired) electrons. The van der Waals surface area contributed by atoms with Gasteiger partial charge in [0.05, 0.1) is 18.2 Å². The number of carbonyl (C=O) groups excluding carboxylic acids is 2. The first-order chi connectivity index (χ1) is 26.9. The largest absolute Gasteiger partial charge is 0.481 e. The van der Waals surface area contributed by atoms with E-state index in [4.69, 9.17) is 36.0 Å². The zero-order valence-electron chi connectivity index (χ0n) is 32.6. The highest BCUT2D eigenvalue weighted by Gasteiger charge is 2.33. The number of likely N-dealkylation sites (tertiary alicyclic amines) is 1. The first-order valence-corrected chi connectivity index (χ1v) is 19.9. The van der Waals surface area contributed by atoms with Crippen LogP contribution in [0, 0.1) is 17.8 Å². The monoisotopic (exact) mass is 793 g/mol. The predicted octanol–water partition coefficient (Wildman–Crippen LogP) is 7.93. The van der Waals surface area contributed by atoms with Crippen LogP contribution in [0.1, 0.15) is 95.1 Å². The van der Waals surface area contributed by atoms with Crippen molar-refractivity contribution in [3.63, 3.8) is 0 Å². The quantitative estimate of drug-likeness (QED) is 0.121. The lowest BCUT2D eigenvalue weighted by Gasteiger charge is -2.36. The summed E-state index contributed by atoms with van der Waals surface area (Å²) in [7, 11) is 0. The second-order valence-electron chi connectivity index (χ2n) is 15.0. The maximum absolute atomic E-state index is 12.6. The summed E-state index contributed by atoms with van der Waals surface area (Å²) in [6, 6.07) is 21.1. The van der Waals surface area contributed by atoms with E-state index in [2.05, 4.69) is 30.7 Å². The van der Waals surface area contributed by atoms with Crippen molar-refractivity contribution < 1.29 is 43.6 Å². The van der Waals surface area contributed by atoms with E-state index in [1.807, 2.05) is 54.0 Å². The highest BCUT2D eigenvalue weighted by Crippen LogP contribution is 2.35. The number of halogens is 1. The Morgan fingerprint density at radius 3 is 2.25 bits per heavy atom. The molecule has 13 heteroatoms. The number of esters is 1. The molecule has 1 aliphatic heterocycles. The molecule has 2 heterocycles. The normalized spacial score (nSPS) is 19.8. The van der Waals surface area contributed by atoms with Crippen molar-refractivity contribution in [2.24, 2.45) is 17.8 Å². The number of aliphatic carboxylic acids is 2. The molecule has 0 spiro atoms. The van der Waals surface area contributed by atoms with Gasteiger partial charge in [0.25, 0.3) is 0 Å². The van der Waals surface area contributed by atoms with Crippen molar-refractivity contribution in [3.05, 3.63) is 101 Å². The number of hydrogen-bond donors (Lipinski definition) is 3. The van der Waals surface area contributed by atoms with Crippen molar-refractivity contribution in [2.45, 2.75) is 103 Å². The van der Waals surface area contributed by atoms with Gasteiger partial charge in [-0.25, -0.2) is 9.59 Å². The Balaban J connectivity index is 0.000000309. The van der Waals surface area contributed by atoms with Crippen LogP contribution >= 0.6 is 11.6 Å². The number of ether oxygens (including phenoxy) is 3. The molecule has 5 atom stereocenters. The zero-order valence-corrected chi connectivity index (χ0v) is 33.3. The Hall–Kier alpha value is -4.52. The van der Waals surface area contributed by atoms with Crippen LogP contribution in [-0.2, 0) is 35.2 Å². The lowest BCUT2D eigenvalue weighted by molar-refractivity contribution is -0.156. The van der Waals surface area contributed by atoms with Crippen molar-refractivity contribution in [2.75, 3.05) is 19.6 Å². The topological polar surface area (TPSA) is 165 Å². The van der Waals surface area contributed by atoms with Gasteiger partial charge in [0.1, 0.15) is 24.9 Å². The van der Waals surface area contributed by atoms with Crippen molar-refractivity contribution >= 4 is 35.6 Å².